The second kappa shape index (κ2) is 6.92. The summed E-state index contributed by atoms with van der Waals surface area (Å²) in [4.78, 5) is 12.6. The van der Waals surface area contributed by atoms with Gasteiger partial charge in [0.25, 0.3) is 0 Å². The number of carbonyl (C=O) groups excluding carboxylic acids is 1. The Kier molecular flexibility index (Phi) is 4.72. The highest BCUT2D eigenvalue weighted by Crippen LogP contribution is 2.27. The minimum atomic E-state index is -0.328. The van der Waals surface area contributed by atoms with Gasteiger partial charge >= 0.3 is 0 Å². The average molecular weight is 328 g/mol. The predicted octanol–water partition coefficient (Wildman–Crippen LogP) is 4.75. The van der Waals surface area contributed by atoms with Gasteiger partial charge in [0.15, 0.2) is 5.78 Å². The monoisotopic (exact) mass is 328 g/mol. The van der Waals surface area contributed by atoms with E-state index in [2.05, 4.69) is 0 Å². The highest BCUT2D eigenvalue weighted by atomic mass is 32.2. The summed E-state index contributed by atoms with van der Waals surface area (Å²) in [5, 5.41) is 0. The van der Waals surface area contributed by atoms with Crippen molar-refractivity contribution in [1.29, 1.82) is 0 Å². The zero-order valence-electron chi connectivity index (χ0n) is 12.3. The Labute approximate surface area is 137 Å². The lowest BCUT2D eigenvalue weighted by Gasteiger charge is -2.16. The average Bonchev–Trinajstić information content (AvgIpc) is 2.51. The smallest absolute Gasteiger partial charge is 0.186 e. The maximum absolute atomic E-state index is 13.3. The van der Waals surface area contributed by atoms with Crippen molar-refractivity contribution in [2.24, 2.45) is 0 Å². The molecule has 0 saturated carbocycles. The summed E-state index contributed by atoms with van der Waals surface area (Å²) in [5.74, 6) is 0.472. The second-order valence-corrected chi connectivity index (χ2v) is 6.26. The summed E-state index contributed by atoms with van der Waals surface area (Å²) in [6, 6.07) is 12.3. The van der Waals surface area contributed by atoms with E-state index in [0.717, 1.165) is 0 Å². The van der Waals surface area contributed by atoms with Gasteiger partial charge in [0.1, 0.15) is 11.6 Å². The number of rotatable bonds is 2. The third-order valence-electron chi connectivity index (χ3n) is 3.48. The predicted molar refractivity (Wildman–Crippen MR) is 91.1 cm³/mol. The number of thioether (sulfide) groups is 1. The van der Waals surface area contributed by atoms with Crippen LogP contribution in [0.3, 0.4) is 0 Å². The lowest BCUT2D eigenvalue weighted by atomic mass is 10.0. The molecule has 0 spiro atoms. The van der Waals surface area contributed by atoms with Gasteiger partial charge in [0.05, 0.1) is 0 Å². The fraction of sp³-hybridized carbons (Fsp3) is 0.105. The van der Waals surface area contributed by atoms with Crippen LogP contribution in [0.4, 0.5) is 8.78 Å². The van der Waals surface area contributed by atoms with Crippen molar-refractivity contribution in [3.63, 3.8) is 0 Å². The van der Waals surface area contributed by atoms with Gasteiger partial charge in [-0.1, -0.05) is 24.3 Å². The molecule has 0 amide bonds. The van der Waals surface area contributed by atoms with Gasteiger partial charge in [-0.25, -0.2) is 8.78 Å². The van der Waals surface area contributed by atoms with E-state index in [9.17, 15) is 13.6 Å². The number of hydrogen-bond donors (Lipinski definition) is 0. The quantitative estimate of drug-likeness (QED) is 0.740. The number of hydrogen-bond acceptors (Lipinski definition) is 2. The molecule has 4 heteroatoms. The van der Waals surface area contributed by atoms with Crippen molar-refractivity contribution in [3.8, 4) is 0 Å². The van der Waals surface area contributed by atoms with E-state index >= 15 is 0 Å². The van der Waals surface area contributed by atoms with Crippen molar-refractivity contribution in [2.75, 3.05) is 11.5 Å². The van der Waals surface area contributed by atoms with E-state index in [-0.39, 0.29) is 17.4 Å². The number of halogens is 2. The van der Waals surface area contributed by atoms with Gasteiger partial charge in [-0.3, -0.25) is 4.79 Å². The molecule has 1 aliphatic heterocycles. The maximum Gasteiger partial charge on any atom is 0.186 e. The van der Waals surface area contributed by atoms with Crippen molar-refractivity contribution in [3.05, 3.63) is 82.4 Å². The first-order chi connectivity index (χ1) is 11.1. The van der Waals surface area contributed by atoms with Crippen molar-refractivity contribution in [2.45, 2.75) is 0 Å². The van der Waals surface area contributed by atoms with E-state index in [1.807, 2.05) is 0 Å². The third-order valence-corrected chi connectivity index (χ3v) is 4.51. The molecule has 0 atom stereocenters. The normalized spacial score (nSPS) is 18.6. The molecule has 0 bridgehead atoms. The zero-order valence-corrected chi connectivity index (χ0v) is 13.1. The summed E-state index contributed by atoms with van der Waals surface area (Å²) in [6.45, 7) is 0. The number of benzene rings is 2. The van der Waals surface area contributed by atoms with Crippen LogP contribution in [0.5, 0.6) is 0 Å². The highest BCUT2D eigenvalue weighted by Gasteiger charge is 2.21. The molecule has 23 heavy (non-hydrogen) atoms. The molecule has 3 rings (SSSR count). The van der Waals surface area contributed by atoms with Crippen LogP contribution in [0, 0.1) is 11.6 Å². The van der Waals surface area contributed by atoms with E-state index in [1.54, 1.807) is 48.2 Å². The molecule has 1 heterocycles. The van der Waals surface area contributed by atoms with Crippen molar-refractivity contribution < 1.29 is 13.6 Å². The fourth-order valence-electron chi connectivity index (χ4n) is 2.42. The Morgan fingerprint density at radius 1 is 0.826 bits per heavy atom. The van der Waals surface area contributed by atoms with Crippen LogP contribution in [0.25, 0.3) is 12.2 Å². The maximum atomic E-state index is 13.3. The summed E-state index contributed by atoms with van der Waals surface area (Å²) in [5.41, 5.74) is 2.60. The number of Topliss-reactive ketones (excluding diaryl/α,β-unsaturated/α-hetero) is 1. The van der Waals surface area contributed by atoms with E-state index in [0.29, 0.717) is 33.8 Å². The van der Waals surface area contributed by atoms with Gasteiger partial charge in [0.2, 0.25) is 0 Å². The molecular formula is C19H14F2OS. The summed E-state index contributed by atoms with van der Waals surface area (Å²) < 4.78 is 26.5. The van der Waals surface area contributed by atoms with Crippen LogP contribution in [-0.4, -0.2) is 17.3 Å². The van der Waals surface area contributed by atoms with Gasteiger partial charge < -0.3 is 0 Å². The Hall–Kier alpha value is -2.20. The molecule has 116 valence electrons. The Morgan fingerprint density at radius 2 is 1.30 bits per heavy atom. The molecule has 0 aliphatic carbocycles. The minimum Gasteiger partial charge on any atom is -0.289 e. The lowest BCUT2D eigenvalue weighted by Crippen LogP contribution is -2.16. The van der Waals surface area contributed by atoms with Crippen LogP contribution in [0.15, 0.2) is 59.7 Å². The highest BCUT2D eigenvalue weighted by molar-refractivity contribution is 7.99. The number of ketones is 1. The summed E-state index contributed by atoms with van der Waals surface area (Å²) >= 11 is 1.62. The van der Waals surface area contributed by atoms with Crippen LogP contribution >= 0.6 is 11.8 Å². The largest absolute Gasteiger partial charge is 0.289 e. The Bertz CT molecular complexity index is 743. The molecule has 1 fully saturated rings. The van der Waals surface area contributed by atoms with Gasteiger partial charge in [-0.05, 0) is 47.5 Å². The van der Waals surface area contributed by atoms with Crippen molar-refractivity contribution >= 4 is 29.7 Å². The fourth-order valence-corrected chi connectivity index (χ4v) is 3.39. The first-order valence-corrected chi connectivity index (χ1v) is 8.32. The SMILES string of the molecule is O=C1/C(=C/c2cccc(F)c2)CSC/C1=C\c1cccc(F)c1. The van der Waals surface area contributed by atoms with Gasteiger partial charge in [-0.2, -0.15) is 11.8 Å². The van der Waals surface area contributed by atoms with Crippen LogP contribution in [0.1, 0.15) is 11.1 Å². The lowest BCUT2D eigenvalue weighted by molar-refractivity contribution is -0.112. The molecule has 2 aromatic rings. The Balaban J connectivity index is 1.89. The van der Waals surface area contributed by atoms with Crippen LogP contribution in [-0.2, 0) is 4.79 Å². The van der Waals surface area contributed by atoms with E-state index < -0.39 is 0 Å². The first-order valence-electron chi connectivity index (χ1n) is 7.16. The van der Waals surface area contributed by atoms with Crippen LogP contribution in [0.2, 0.25) is 0 Å². The molecular weight excluding hydrogens is 314 g/mol. The molecule has 1 nitrogen and oxygen atoms in total. The summed E-state index contributed by atoms with van der Waals surface area (Å²) in [6.07, 6.45) is 3.44. The second-order valence-electron chi connectivity index (χ2n) is 5.27. The molecule has 1 saturated heterocycles. The van der Waals surface area contributed by atoms with E-state index in [1.165, 1.54) is 24.3 Å². The summed E-state index contributed by atoms with van der Waals surface area (Å²) in [7, 11) is 0. The standard InChI is InChI=1S/C19H14F2OS/c20-17-5-1-3-13(9-17)7-15-11-23-12-16(19(15)22)8-14-4-2-6-18(21)10-14/h1-10H,11-12H2/b15-7+,16-8+. The first kappa shape index (κ1) is 15.7. The third kappa shape index (κ3) is 3.96. The van der Waals surface area contributed by atoms with Gasteiger partial charge in [0, 0.05) is 22.7 Å². The van der Waals surface area contributed by atoms with E-state index in [4.69, 9.17) is 0 Å². The molecule has 1 aliphatic rings. The van der Waals surface area contributed by atoms with Gasteiger partial charge in [-0.15, -0.1) is 0 Å². The molecule has 0 N–H and O–H groups in total. The molecule has 0 radical (unpaired) electrons. The topological polar surface area (TPSA) is 17.1 Å². The van der Waals surface area contributed by atoms with Crippen LogP contribution < -0.4 is 0 Å². The molecule has 0 aromatic heterocycles. The Morgan fingerprint density at radius 3 is 1.74 bits per heavy atom. The zero-order chi connectivity index (χ0) is 16.2. The van der Waals surface area contributed by atoms with Crippen molar-refractivity contribution in [1.82, 2.24) is 0 Å². The minimum absolute atomic E-state index is 0.0581. The molecule has 2 aromatic carbocycles. The molecule has 0 unspecified atom stereocenters. The number of carbonyl (C=O) groups is 1.